The van der Waals surface area contributed by atoms with Gasteiger partial charge in [0.15, 0.2) is 0 Å². The van der Waals surface area contributed by atoms with Gasteiger partial charge in [0.05, 0.1) is 0 Å². The van der Waals surface area contributed by atoms with Crippen LogP contribution in [0.3, 0.4) is 0 Å². The van der Waals surface area contributed by atoms with E-state index in [0.717, 1.165) is 5.92 Å². The van der Waals surface area contributed by atoms with Crippen molar-refractivity contribution in [2.45, 2.75) is 38.5 Å². The molecule has 0 aromatic carbocycles. The number of hydrogen-bond donors (Lipinski definition) is 0. The van der Waals surface area contributed by atoms with Gasteiger partial charge in [-0.3, -0.25) is 0 Å². The molecule has 0 aromatic heterocycles. The summed E-state index contributed by atoms with van der Waals surface area (Å²) in [6.07, 6.45) is 10.9. The minimum absolute atomic E-state index is 0.545. The Balaban J connectivity index is 2.11. The Kier molecular flexibility index (Phi) is 1.74. The molecule has 2 bridgehead atoms. The number of rotatable bonds is 1. The van der Waals surface area contributed by atoms with Crippen molar-refractivity contribution in [1.29, 1.82) is 0 Å². The number of nitrogens with zero attached hydrogens (tertiary/aromatic N) is 1. The zero-order valence-corrected chi connectivity index (χ0v) is 7.34. The fourth-order valence-corrected chi connectivity index (χ4v) is 2.75. The molecule has 0 spiro atoms. The zero-order chi connectivity index (χ0) is 7.73. The summed E-state index contributed by atoms with van der Waals surface area (Å²) in [4.78, 5) is 4.20. The molecule has 3 aliphatic rings. The third kappa shape index (κ3) is 1.21. The summed E-state index contributed by atoms with van der Waals surface area (Å²) in [6.45, 7) is 0. The Morgan fingerprint density at radius 1 is 1.18 bits per heavy atom. The molecule has 11 heavy (non-hydrogen) atoms. The van der Waals surface area contributed by atoms with Gasteiger partial charge in [0, 0.05) is 18.7 Å². The highest BCUT2D eigenvalue weighted by Crippen LogP contribution is 2.48. The minimum Gasteiger partial charge on any atom is -0.300 e. The van der Waals surface area contributed by atoms with Gasteiger partial charge in [-0.05, 0) is 44.4 Å². The molecular weight excluding hydrogens is 134 g/mol. The van der Waals surface area contributed by atoms with E-state index in [0.29, 0.717) is 5.41 Å². The first-order valence-electron chi connectivity index (χ1n) is 4.78. The van der Waals surface area contributed by atoms with Crippen LogP contribution < -0.4 is 0 Å². The second kappa shape index (κ2) is 2.62. The third-order valence-electron chi connectivity index (χ3n) is 3.55. The average Bonchev–Trinajstić information content (AvgIpc) is 2.07. The molecule has 0 aliphatic heterocycles. The smallest absolute Gasteiger partial charge is 0.0273 e. The van der Waals surface area contributed by atoms with Gasteiger partial charge in [0.25, 0.3) is 0 Å². The van der Waals surface area contributed by atoms with Gasteiger partial charge in [-0.25, -0.2) is 0 Å². The van der Waals surface area contributed by atoms with Crippen molar-refractivity contribution in [3.63, 3.8) is 0 Å². The molecule has 62 valence electrons. The maximum Gasteiger partial charge on any atom is 0.0273 e. The lowest BCUT2D eigenvalue weighted by Crippen LogP contribution is -2.35. The second-order valence-corrected chi connectivity index (χ2v) is 4.23. The molecule has 3 fully saturated rings. The van der Waals surface area contributed by atoms with Crippen LogP contribution >= 0.6 is 0 Å². The molecule has 0 amide bonds. The topological polar surface area (TPSA) is 12.4 Å². The highest BCUT2D eigenvalue weighted by molar-refractivity contribution is 5.66. The molecule has 3 saturated carbocycles. The Labute approximate surface area is 68.9 Å². The lowest BCUT2D eigenvalue weighted by atomic mass is 9.61. The Hall–Kier alpha value is -0.330. The van der Waals surface area contributed by atoms with Gasteiger partial charge >= 0.3 is 0 Å². The zero-order valence-electron chi connectivity index (χ0n) is 7.34. The van der Waals surface area contributed by atoms with Gasteiger partial charge in [-0.15, -0.1) is 0 Å². The van der Waals surface area contributed by atoms with Crippen molar-refractivity contribution in [2.75, 3.05) is 7.05 Å². The van der Waals surface area contributed by atoms with Gasteiger partial charge in [-0.2, -0.15) is 0 Å². The van der Waals surface area contributed by atoms with E-state index in [2.05, 4.69) is 11.2 Å². The van der Waals surface area contributed by atoms with Crippen molar-refractivity contribution in [1.82, 2.24) is 0 Å². The maximum atomic E-state index is 4.20. The summed E-state index contributed by atoms with van der Waals surface area (Å²) in [7, 11) is 1.91. The Morgan fingerprint density at radius 2 is 1.73 bits per heavy atom. The summed E-state index contributed by atoms with van der Waals surface area (Å²) in [6, 6.07) is 0. The molecule has 0 unspecified atom stereocenters. The highest BCUT2D eigenvalue weighted by atomic mass is 14.7. The van der Waals surface area contributed by atoms with E-state index in [1.165, 1.54) is 38.5 Å². The standard InChI is InChI=1S/C10H17N/c1-11-8-10-5-2-9(3-6-10)4-7-10/h8-9H,2-7H2,1H3. The van der Waals surface area contributed by atoms with E-state index < -0.39 is 0 Å². The molecule has 3 aliphatic carbocycles. The second-order valence-electron chi connectivity index (χ2n) is 4.23. The van der Waals surface area contributed by atoms with E-state index in [1.807, 2.05) is 7.05 Å². The lowest BCUT2D eigenvalue weighted by Gasteiger charge is -2.44. The minimum atomic E-state index is 0.545. The van der Waals surface area contributed by atoms with Crippen LogP contribution in [0.4, 0.5) is 0 Å². The normalized spacial score (nSPS) is 43.5. The summed E-state index contributed by atoms with van der Waals surface area (Å²) < 4.78 is 0. The number of hydrogen-bond acceptors (Lipinski definition) is 1. The van der Waals surface area contributed by atoms with Gasteiger partial charge in [-0.1, -0.05) is 0 Å². The molecule has 0 atom stereocenters. The summed E-state index contributed by atoms with van der Waals surface area (Å²) >= 11 is 0. The van der Waals surface area contributed by atoms with Crippen LogP contribution in [0.15, 0.2) is 4.99 Å². The van der Waals surface area contributed by atoms with Crippen LogP contribution in [0.25, 0.3) is 0 Å². The molecule has 1 heteroatoms. The monoisotopic (exact) mass is 151 g/mol. The largest absolute Gasteiger partial charge is 0.300 e. The van der Waals surface area contributed by atoms with Crippen molar-refractivity contribution < 1.29 is 0 Å². The molecular formula is C10H17N. The van der Waals surface area contributed by atoms with Crippen molar-refractivity contribution in [2.24, 2.45) is 16.3 Å². The quantitative estimate of drug-likeness (QED) is 0.511. The van der Waals surface area contributed by atoms with Crippen LogP contribution in [-0.2, 0) is 0 Å². The summed E-state index contributed by atoms with van der Waals surface area (Å²) in [5.74, 6) is 1.07. The SMILES string of the molecule is CN=CC12CCC(CC1)CC2. The number of fused-ring (bicyclic) bond motifs is 3. The fraction of sp³-hybridized carbons (Fsp3) is 0.900. The first-order chi connectivity index (χ1) is 5.35. The predicted octanol–water partition coefficient (Wildman–Crippen LogP) is 2.66. The first kappa shape index (κ1) is 7.33. The molecule has 0 saturated heterocycles. The molecule has 0 N–H and O–H groups in total. The molecule has 1 nitrogen and oxygen atoms in total. The third-order valence-corrected chi connectivity index (χ3v) is 3.55. The fourth-order valence-electron chi connectivity index (χ4n) is 2.75. The summed E-state index contributed by atoms with van der Waals surface area (Å²) in [5, 5.41) is 0. The van der Waals surface area contributed by atoms with E-state index in [1.54, 1.807) is 0 Å². The van der Waals surface area contributed by atoms with Crippen molar-refractivity contribution >= 4 is 6.21 Å². The Bertz CT molecular complexity index is 150. The van der Waals surface area contributed by atoms with Crippen LogP contribution in [0, 0.1) is 11.3 Å². The van der Waals surface area contributed by atoms with Gasteiger partial charge < -0.3 is 4.99 Å². The number of aliphatic imine (C=N–C) groups is 1. The Morgan fingerprint density at radius 3 is 2.18 bits per heavy atom. The van der Waals surface area contributed by atoms with E-state index in [-0.39, 0.29) is 0 Å². The molecule has 0 aromatic rings. The van der Waals surface area contributed by atoms with Gasteiger partial charge in [0.2, 0.25) is 0 Å². The molecule has 0 heterocycles. The van der Waals surface area contributed by atoms with Gasteiger partial charge in [0.1, 0.15) is 0 Å². The maximum absolute atomic E-state index is 4.20. The molecule has 0 radical (unpaired) electrons. The average molecular weight is 151 g/mol. The highest BCUT2D eigenvalue weighted by Gasteiger charge is 2.38. The van der Waals surface area contributed by atoms with Crippen LogP contribution in [0.5, 0.6) is 0 Å². The van der Waals surface area contributed by atoms with E-state index in [9.17, 15) is 0 Å². The summed E-state index contributed by atoms with van der Waals surface area (Å²) in [5.41, 5.74) is 0.545. The first-order valence-corrected chi connectivity index (χ1v) is 4.78. The van der Waals surface area contributed by atoms with Crippen molar-refractivity contribution in [3.8, 4) is 0 Å². The van der Waals surface area contributed by atoms with Crippen molar-refractivity contribution in [3.05, 3.63) is 0 Å². The van der Waals surface area contributed by atoms with Crippen LogP contribution in [0.1, 0.15) is 38.5 Å². The van der Waals surface area contributed by atoms with E-state index >= 15 is 0 Å². The van der Waals surface area contributed by atoms with Crippen LogP contribution in [0.2, 0.25) is 0 Å². The predicted molar refractivity (Wildman–Crippen MR) is 48.0 cm³/mol. The van der Waals surface area contributed by atoms with E-state index in [4.69, 9.17) is 0 Å². The van der Waals surface area contributed by atoms with Crippen LogP contribution in [-0.4, -0.2) is 13.3 Å². The lowest BCUT2D eigenvalue weighted by molar-refractivity contribution is 0.132. The molecule has 3 rings (SSSR count).